The van der Waals surface area contributed by atoms with Gasteiger partial charge in [-0.05, 0) is 43.2 Å². The average molecular weight is 423 g/mol. The SMILES string of the molecule is CCOCCOc1cc(C)ccc1CNC(=NC)NCc1ccnc(-n2ccnc2)c1. The number of nitrogens with one attached hydrogen (secondary N) is 2. The summed E-state index contributed by atoms with van der Waals surface area (Å²) in [5.74, 6) is 2.40. The van der Waals surface area contributed by atoms with Crippen molar-refractivity contribution >= 4 is 5.96 Å². The summed E-state index contributed by atoms with van der Waals surface area (Å²) in [5.41, 5.74) is 3.32. The molecule has 2 N–H and O–H groups in total. The van der Waals surface area contributed by atoms with E-state index in [-0.39, 0.29) is 0 Å². The zero-order chi connectivity index (χ0) is 21.9. The van der Waals surface area contributed by atoms with Crippen LogP contribution in [0.3, 0.4) is 0 Å². The minimum absolute atomic E-state index is 0.526. The number of rotatable bonds is 10. The molecule has 0 bridgehead atoms. The van der Waals surface area contributed by atoms with Crippen LogP contribution in [-0.4, -0.2) is 47.4 Å². The van der Waals surface area contributed by atoms with Gasteiger partial charge >= 0.3 is 0 Å². The number of aryl methyl sites for hydroxylation is 1. The highest BCUT2D eigenvalue weighted by atomic mass is 16.5. The van der Waals surface area contributed by atoms with Gasteiger partial charge in [0.05, 0.1) is 6.61 Å². The van der Waals surface area contributed by atoms with Gasteiger partial charge in [-0.1, -0.05) is 12.1 Å². The van der Waals surface area contributed by atoms with Crippen LogP contribution in [0.5, 0.6) is 5.75 Å². The number of aromatic nitrogens is 3. The number of ether oxygens (including phenoxy) is 2. The molecule has 2 heterocycles. The Labute approximate surface area is 183 Å². The van der Waals surface area contributed by atoms with Crippen molar-refractivity contribution in [3.8, 4) is 11.6 Å². The second kappa shape index (κ2) is 11.7. The highest BCUT2D eigenvalue weighted by molar-refractivity contribution is 5.79. The predicted octanol–water partition coefficient (Wildman–Crippen LogP) is 2.86. The summed E-state index contributed by atoms with van der Waals surface area (Å²) in [6.07, 6.45) is 7.13. The standard InChI is InChI=1S/C23H30N6O2/c1-4-30-11-12-31-21-13-18(2)5-6-20(21)16-28-23(24-3)27-15-19-7-8-26-22(14-19)29-10-9-25-17-29/h5-10,13-14,17H,4,11-12,15-16H2,1-3H3,(H2,24,27,28). The molecule has 164 valence electrons. The van der Waals surface area contributed by atoms with E-state index >= 15 is 0 Å². The second-order valence-corrected chi connectivity index (χ2v) is 6.93. The number of nitrogens with zero attached hydrogens (tertiary/aromatic N) is 4. The van der Waals surface area contributed by atoms with Crippen LogP contribution < -0.4 is 15.4 Å². The molecule has 2 aromatic heterocycles. The maximum atomic E-state index is 5.92. The topological polar surface area (TPSA) is 85.6 Å². The van der Waals surface area contributed by atoms with E-state index in [0.717, 1.165) is 28.3 Å². The van der Waals surface area contributed by atoms with E-state index in [1.807, 2.05) is 35.9 Å². The molecule has 0 spiro atoms. The first-order valence-corrected chi connectivity index (χ1v) is 10.4. The molecule has 3 rings (SSSR count). The number of hydrogen-bond acceptors (Lipinski definition) is 5. The molecule has 0 fully saturated rings. The van der Waals surface area contributed by atoms with Crippen molar-refractivity contribution in [3.05, 3.63) is 71.9 Å². The lowest BCUT2D eigenvalue weighted by atomic mass is 10.1. The minimum atomic E-state index is 0.526. The fraction of sp³-hybridized carbons (Fsp3) is 0.348. The third kappa shape index (κ3) is 6.82. The van der Waals surface area contributed by atoms with Crippen molar-refractivity contribution in [3.63, 3.8) is 0 Å². The van der Waals surface area contributed by atoms with Crippen LogP contribution in [0.25, 0.3) is 5.82 Å². The summed E-state index contributed by atoms with van der Waals surface area (Å²) in [5, 5.41) is 6.70. The van der Waals surface area contributed by atoms with Crippen molar-refractivity contribution in [2.24, 2.45) is 4.99 Å². The van der Waals surface area contributed by atoms with E-state index in [4.69, 9.17) is 9.47 Å². The molecule has 0 aliphatic rings. The number of imidazole rings is 1. The molecule has 0 aliphatic heterocycles. The fourth-order valence-corrected chi connectivity index (χ4v) is 2.99. The molecule has 8 heteroatoms. The monoisotopic (exact) mass is 422 g/mol. The van der Waals surface area contributed by atoms with Crippen LogP contribution >= 0.6 is 0 Å². The van der Waals surface area contributed by atoms with Crippen molar-refractivity contribution in [1.29, 1.82) is 0 Å². The van der Waals surface area contributed by atoms with Crippen LogP contribution in [0, 0.1) is 6.92 Å². The Morgan fingerprint density at radius 2 is 1.97 bits per heavy atom. The number of guanidine groups is 1. The third-order valence-corrected chi connectivity index (χ3v) is 4.62. The van der Waals surface area contributed by atoms with Gasteiger partial charge in [-0.15, -0.1) is 0 Å². The molecular formula is C23H30N6O2. The minimum Gasteiger partial charge on any atom is -0.491 e. The van der Waals surface area contributed by atoms with Crippen LogP contribution in [0.1, 0.15) is 23.6 Å². The number of benzene rings is 1. The van der Waals surface area contributed by atoms with E-state index in [2.05, 4.69) is 44.7 Å². The molecule has 0 aliphatic carbocycles. The molecule has 1 aromatic carbocycles. The Kier molecular flexibility index (Phi) is 8.42. The molecule has 0 saturated heterocycles. The van der Waals surface area contributed by atoms with Gasteiger partial charge in [-0.25, -0.2) is 9.97 Å². The van der Waals surface area contributed by atoms with E-state index in [9.17, 15) is 0 Å². The molecule has 0 amide bonds. The Morgan fingerprint density at radius 3 is 2.74 bits per heavy atom. The van der Waals surface area contributed by atoms with Crippen LogP contribution in [0.15, 0.2) is 60.2 Å². The first-order valence-electron chi connectivity index (χ1n) is 10.4. The van der Waals surface area contributed by atoms with E-state index < -0.39 is 0 Å². The van der Waals surface area contributed by atoms with E-state index in [1.54, 1.807) is 25.8 Å². The lowest BCUT2D eigenvalue weighted by Gasteiger charge is -2.16. The Morgan fingerprint density at radius 1 is 1.10 bits per heavy atom. The number of pyridine rings is 1. The van der Waals surface area contributed by atoms with Gasteiger partial charge in [0, 0.05) is 50.9 Å². The molecule has 0 atom stereocenters. The van der Waals surface area contributed by atoms with Crippen LogP contribution in [-0.2, 0) is 17.8 Å². The molecular weight excluding hydrogens is 392 g/mol. The Hall–Kier alpha value is -3.39. The normalized spacial score (nSPS) is 11.4. The zero-order valence-corrected chi connectivity index (χ0v) is 18.3. The van der Waals surface area contributed by atoms with Crippen molar-refractivity contribution < 1.29 is 9.47 Å². The van der Waals surface area contributed by atoms with Crippen LogP contribution in [0.4, 0.5) is 0 Å². The lowest BCUT2D eigenvalue weighted by molar-refractivity contribution is 0.110. The van der Waals surface area contributed by atoms with E-state index in [0.29, 0.717) is 38.9 Å². The molecule has 3 aromatic rings. The quantitative estimate of drug-likeness (QED) is 0.297. The molecule has 8 nitrogen and oxygen atoms in total. The fourth-order valence-electron chi connectivity index (χ4n) is 2.99. The van der Waals surface area contributed by atoms with Gasteiger partial charge < -0.3 is 20.1 Å². The molecule has 0 radical (unpaired) electrons. The predicted molar refractivity (Wildman–Crippen MR) is 122 cm³/mol. The second-order valence-electron chi connectivity index (χ2n) is 6.93. The van der Waals surface area contributed by atoms with Gasteiger partial charge in [-0.2, -0.15) is 0 Å². The summed E-state index contributed by atoms with van der Waals surface area (Å²) < 4.78 is 13.2. The summed E-state index contributed by atoms with van der Waals surface area (Å²) in [6.45, 7) is 7.04. The van der Waals surface area contributed by atoms with Crippen molar-refractivity contribution in [2.75, 3.05) is 26.9 Å². The van der Waals surface area contributed by atoms with E-state index in [1.165, 1.54) is 0 Å². The van der Waals surface area contributed by atoms with Gasteiger partial charge in [0.2, 0.25) is 0 Å². The Bertz CT molecular complexity index is 972. The molecule has 31 heavy (non-hydrogen) atoms. The highest BCUT2D eigenvalue weighted by Gasteiger charge is 2.07. The smallest absolute Gasteiger partial charge is 0.191 e. The Balaban J connectivity index is 1.56. The van der Waals surface area contributed by atoms with Gasteiger partial charge in [0.25, 0.3) is 0 Å². The van der Waals surface area contributed by atoms with Gasteiger partial charge in [0.15, 0.2) is 5.96 Å². The third-order valence-electron chi connectivity index (χ3n) is 4.62. The summed E-state index contributed by atoms with van der Waals surface area (Å²) in [6, 6.07) is 10.2. The maximum Gasteiger partial charge on any atom is 0.191 e. The van der Waals surface area contributed by atoms with Crippen molar-refractivity contribution in [1.82, 2.24) is 25.2 Å². The highest BCUT2D eigenvalue weighted by Crippen LogP contribution is 2.20. The molecule has 0 unspecified atom stereocenters. The average Bonchev–Trinajstić information content (AvgIpc) is 3.33. The molecule has 0 saturated carbocycles. The van der Waals surface area contributed by atoms with Gasteiger partial charge in [-0.3, -0.25) is 9.56 Å². The first kappa shape index (κ1) is 22.3. The largest absolute Gasteiger partial charge is 0.491 e. The summed E-state index contributed by atoms with van der Waals surface area (Å²) >= 11 is 0. The number of aliphatic imine (C=N–C) groups is 1. The van der Waals surface area contributed by atoms with Gasteiger partial charge in [0.1, 0.15) is 24.5 Å². The zero-order valence-electron chi connectivity index (χ0n) is 18.3. The number of hydrogen-bond donors (Lipinski definition) is 2. The first-order chi connectivity index (χ1) is 15.2. The van der Waals surface area contributed by atoms with Crippen molar-refractivity contribution in [2.45, 2.75) is 26.9 Å². The summed E-state index contributed by atoms with van der Waals surface area (Å²) in [7, 11) is 1.76. The summed E-state index contributed by atoms with van der Waals surface area (Å²) in [4.78, 5) is 12.8. The maximum absolute atomic E-state index is 5.92. The lowest BCUT2D eigenvalue weighted by Crippen LogP contribution is -2.36. The van der Waals surface area contributed by atoms with Crippen LogP contribution in [0.2, 0.25) is 0 Å².